The van der Waals surface area contributed by atoms with Crippen molar-refractivity contribution in [3.63, 3.8) is 0 Å². The topological polar surface area (TPSA) is 66.6 Å². The van der Waals surface area contributed by atoms with E-state index in [-0.39, 0.29) is 17.2 Å². The number of phenolic OH excluding ortho intramolecular Hbond substituents is 1. The van der Waals surface area contributed by atoms with Crippen LogP contribution in [0, 0.1) is 6.92 Å². The molecule has 3 N–H and O–H groups in total. The number of nitrogen functional groups attached to an aromatic ring is 1. The molecule has 4 nitrogen and oxygen atoms in total. The van der Waals surface area contributed by atoms with Crippen LogP contribution in [-0.2, 0) is 0 Å². The van der Waals surface area contributed by atoms with Crippen molar-refractivity contribution in [3.8, 4) is 5.75 Å². The molecular formula is C15H15BrN2O2. The Hall–Kier alpha value is -2.01. The monoisotopic (exact) mass is 334 g/mol. The fourth-order valence-electron chi connectivity index (χ4n) is 1.94. The molecule has 0 atom stereocenters. The third kappa shape index (κ3) is 2.77. The number of anilines is 2. The van der Waals surface area contributed by atoms with Crippen LogP contribution in [0.15, 0.2) is 40.9 Å². The SMILES string of the molecule is Cc1ccc(O)c(C(=O)N(C)c2ccc(Br)cc2N)c1. The fourth-order valence-corrected chi connectivity index (χ4v) is 2.32. The minimum Gasteiger partial charge on any atom is -0.507 e. The summed E-state index contributed by atoms with van der Waals surface area (Å²) in [5.41, 5.74) is 8.17. The number of benzene rings is 2. The van der Waals surface area contributed by atoms with Gasteiger partial charge < -0.3 is 15.7 Å². The highest BCUT2D eigenvalue weighted by Crippen LogP contribution is 2.28. The summed E-state index contributed by atoms with van der Waals surface area (Å²) in [4.78, 5) is 13.9. The van der Waals surface area contributed by atoms with E-state index in [2.05, 4.69) is 15.9 Å². The molecule has 0 aliphatic heterocycles. The van der Waals surface area contributed by atoms with Gasteiger partial charge in [0.2, 0.25) is 0 Å². The Kier molecular flexibility index (Phi) is 3.99. The lowest BCUT2D eigenvalue weighted by atomic mass is 10.1. The lowest BCUT2D eigenvalue weighted by Gasteiger charge is -2.20. The quantitative estimate of drug-likeness (QED) is 0.828. The molecule has 0 aliphatic rings. The van der Waals surface area contributed by atoms with E-state index in [1.807, 2.05) is 13.0 Å². The predicted octanol–water partition coefficient (Wildman–Crippen LogP) is 3.32. The standard InChI is InChI=1S/C15H15BrN2O2/c1-9-3-6-14(19)11(7-9)15(20)18(2)13-5-4-10(16)8-12(13)17/h3-8,19H,17H2,1-2H3. The number of hydrogen-bond acceptors (Lipinski definition) is 3. The lowest BCUT2D eigenvalue weighted by Crippen LogP contribution is -2.27. The van der Waals surface area contributed by atoms with Crippen molar-refractivity contribution >= 4 is 33.2 Å². The van der Waals surface area contributed by atoms with Crippen LogP contribution in [0.1, 0.15) is 15.9 Å². The highest BCUT2D eigenvalue weighted by Gasteiger charge is 2.18. The Labute approximate surface area is 126 Å². The van der Waals surface area contributed by atoms with E-state index in [1.165, 1.54) is 11.0 Å². The average molecular weight is 335 g/mol. The van der Waals surface area contributed by atoms with Crippen LogP contribution in [0.4, 0.5) is 11.4 Å². The number of carbonyl (C=O) groups excluding carboxylic acids is 1. The smallest absolute Gasteiger partial charge is 0.261 e. The van der Waals surface area contributed by atoms with Gasteiger partial charge in [0, 0.05) is 11.5 Å². The van der Waals surface area contributed by atoms with E-state index < -0.39 is 0 Å². The molecule has 104 valence electrons. The summed E-state index contributed by atoms with van der Waals surface area (Å²) in [7, 11) is 1.63. The summed E-state index contributed by atoms with van der Waals surface area (Å²) >= 11 is 3.33. The molecule has 0 heterocycles. The van der Waals surface area contributed by atoms with Crippen LogP contribution in [0.25, 0.3) is 0 Å². The third-order valence-corrected chi connectivity index (χ3v) is 3.53. The summed E-state index contributed by atoms with van der Waals surface area (Å²) in [5, 5.41) is 9.83. The van der Waals surface area contributed by atoms with Crippen molar-refractivity contribution in [2.24, 2.45) is 0 Å². The molecule has 2 aromatic rings. The average Bonchev–Trinajstić information content (AvgIpc) is 2.40. The van der Waals surface area contributed by atoms with E-state index in [0.29, 0.717) is 11.4 Å². The zero-order valence-corrected chi connectivity index (χ0v) is 12.8. The van der Waals surface area contributed by atoms with Crippen LogP contribution in [0.2, 0.25) is 0 Å². The van der Waals surface area contributed by atoms with Crippen molar-refractivity contribution < 1.29 is 9.90 Å². The molecule has 20 heavy (non-hydrogen) atoms. The molecule has 0 unspecified atom stereocenters. The van der Waals surface area contributed by atoms with Gasteiger partial charge in [-0.1, -0.05) is 27.6 Å². The van der Waals surface area contributed by atoms with Crippen molar-refractivity contribution in [2.45, 2.75) is 6.92 Å². The van der Waals surface area contributed by atoms with Crippen LogP contribution in [-0.4, -0.2) is 18.1 Å². The van der Waals surface area contributed by atoms with Crippen molar-refractivity contribution in [1.29, 1.82) is 0 Å². The number of nitrogens with zero attached hydrogens (tertiary/aromatic N) is 1. The van der Waals surface area contributed by atoms with E-state index in [0.717, 1.165) is 10.0 Å². The van der Waals surface area contributed by atoms with Crippen molar-refractivity contribution in [3.05, 3.63) is 52.0 Å². The molecule has 1 amide bonds. The Morgan fingerprint density at radius 2 is 1.95 bits per heavy atom. The first-order chi connectivity index (χ1) is 9.40. The second kappa shape index (κ2) is 5.54. The molecule has 0 aliphatic carbocycles. The maximum Gasteiger partial charge on any atom is 0.261 e. The number of nitrogens with two attached hydrogens (primary N) is 1. The number of aryl methyl sites for hydroxylation is 1. The molecule has 0 fully saturated rings. The van der Waals surface area contributed by atoms with Gasteiger partial charge in [0.25, 0.3) is 5.91 Å². The summed E-state index contributed by atoms with van der Waals surface area (Å²) < 4.78 is 0.845. The van der Waals surface area contributed by atoms with E-state index in [1.54, 1.807) is 31.3 Å². The van der Waals surface area contributed by atoms with Crippen LogP contribution < -0.4 is 10.6 Å². The number of halogens is 1. The van der Waals surface area contributed by atoms with Crippen LogP contribution in [0.5, 0.6) is 5.75 Å². The van der Waals surface area contributed by atoms with Crippen molar-refractivity contribution in [2.75, 3.05) is 17.7 Å². The number of aromatic hydroxyl groups is 1. The van der Waals surface area contributed by atoms with Crippen LogP contribution >= 0.6 is 15.9 Å². The number of hydrogen-bond donors (Lipinski definition) is 2. The third-order valence-electron chi connectivity index (χ3n) is 3.04. The molecule has 0 saturated heterocycles. The van der Waals surface area contributed by atoms with Gasteiger partial charge in [0.05, 0.1) is 16.9 Å². The molecule has 0 aromatic heterocycles. The normalized spacial score (nSPS) is 10.3. The number of carbonyl (C=O) groups is 1. The lowest BCUT2D eigenvalue weighted by molar-refractivity contribution is 0.0990. The zero-order valence-electron chi connectivity index (χ0n) is 11.2. The number of phenols is 1. The second-order valence-electron chi connectivity index (χ2n) is 4.59. The zero-order chi connectivity index (χ0) is 14.9. The first-order valence-electron chi connectivity index (χ1n) is 6.03. The minimum atomic E-state index is -0.305. The van der Waals surface area contributed by atoms with Gasteiger partial charge in [0.15, 0.2) is 0 Å². The van der Waals surface area contributed by atoms with Gasteiger partial charge in [-0.25, -0.2) is 0 Å². The molecule has 0 saturated carbocycles. The van der Waals surface area contributed by atoms with Gasteiger partial charge in [0.1, 0.15) is 5.75 Å². The Morgan fingerprint density at radius 1 is 1.25 bits per heavy atom. The molecule has 5 heteroatoms. The summed E-state index contributed by atoms with van der Waals surface area (Å²) in [6, 6.07) is 10.2. The summed E-state index contributed by atoms with van der Waals surface area (Å²) in [6.45, 7) is 1.87. The van der Waals surface area contributed by atoms with Gasteiger partial charge in [-0.3, -0.25) is 4.79 Å². The molecular weight excluding hydrogens is 320 g/mol. The largest absolute Gasteiger partial charge is 0.507 e. The molecule has 2 rings (SSSR count). The molecule has 2 aromatic carbocycles. The Balaban J connectivity index is 2.40. The van der Waals surface area contributed by atoms with Gasteiger partial charge in [-0.15, -0.1) is 0 Å². The highest BCUT2D eigenvalue weighted by atomic mass is 79.9. The number of rotatable bonds is 2. The molecule has 0 bridgehead atoms. The molecule has 0 spiro atoms. The van der Waals surface area contributed by atoms with Crippen LogP contribution in [0.3, 0.4) is 0 Å². The van der Waals surface area contributed by atoms with Crippen molar-refractivity contribution in [1.82, 2.24) is 0 Å². The second-order valence-corrected chi connectivity index (χ2v) is 5.50. The van der Waals surface area contributed by atoms with E-state index in [4.69, 9.17) is 5.73 Å². The first-order valence-corrected chi connectivity index (χ1v) is 6.82. The van der Waals surface area contributed by atoms with Gasteiger partial charge >= 0.3 is 0 Å². The number of amides is 1. The summed E-state index contributed by atoms with van der Waals surface area (Å²) in [6.07, 6.45) is 0. The fraction of sp³-hybridized carbons (Fsp3) is 0.133. The molecule has 0 radical (unpaired) electrons. The highest BCUT2D eigenvalue weighted by molar-refractivity contribution is 9.10. The maximum atomic E-state index is 12.5. The maximum absolute atomic E-state index is 12.5. The van der Waals surface area contributed by atoms with Gasteiger partial charge in [-0.2, -0.15) is 0 Å². The first kappa shape index (κ1) is 14.4. The Morgan fingerprint density at radius 3 is 2.60 bits per heavy atom. The predicted molar refractivity (Wildman–Crippen MR) is 84.1 cm³/mol. The van der Waals surface area contributed by atoms with Gasteiger partial charge in [-0.05, 0) is 37.3 Å². The Bertz CT molecular complexity index is 671. The van der Waals surface area contributed by atoms with E-state index >= 15 is 0 Å². The summed E-state index contributed by atoms with van der Waals surface area (Å²) in [5.74, 6) is -0.344. The van der Waals surface area contributed by atoms with E-state index in [9.17, 15) is 9.90 Å². The minimum absolute atomic E-state index is 0.0388.